The van der Waals surface area contributed by atoms with Crippen LogP contribution in [0.1, 0.15) is 10.5 Å². The minimum Gasteiger partial charge on any atom is -0.296 e. The first-order chi connectivity index (χ1) is 6.79. The van der Waals surface area contributed by atoms with Gasteiger partial charge in [-0.3, -0.25) is 4.79 Å². The Morgan fingerprint density at radius 1 is 1.36 bits per heavy atom. The van der Waals surface area contributed by atoms with Gasteiger partial charge in [0.05, 0.1) is 12.4 Å². The van der Waals surface area contributed by atoms with Gasteiger partial charge in [-0.25, -0.2) is 14.6 Å². The van der Waals surface area contributed by atoms with Gasteiger partial charge >= 0.3 is 0 Å². The third-order valence-electron chi connectivity index (χ3n) is 1.57. The van der Waals surface area contributed by atoms with Gasteiger partial charge in [-0.15, -0.1) is 0 Å². The Morgan fingerprint density at radius 2 is 2.21 bits per heavy atom. The fourth-order valence-corrected chi connectivity index (χ4v) is 1.23. The predicted molar refractivity (Wildman–Crippen MR) is 52.2 cm³/mol. The third-order valence-corrected chi connectivity index (χ3v) is 1.99. The molecule has 0 N–H and O–H groups in total. The normalized spacial score (nSPS) is 10.1. The summed E-state index contributed by atoms with van der Waals surface area (Å²) >= 11 is 3.22. The Kier molecular flexibility index (Phi) is 2.36. The molecule has 2 rings (SSSR count). The van der Waals surface area contributed by atoms with Crippen molar-refractivity contribution in [1.29, 1.82) is 0 Å². The van der Waals surface area contributed by atoms with Crippen LogP contribution >= 0.6 is 15.9 Å². The molecule has 0 aliphatic carbocycles. The summed E-state index contributed by atoms with van der Waals surface area (Å²) in [5.74, 6) is 0.571. The molecule has 0 fully saturated rings. The van der Waals surface area contributed by atoms with Crippen LogP contribution in [0, 0.1) is 0 Å². The Morgan fingerprint density at radius 3 is 2.71 bits per heavy atom. The Labute approximate surface area is 87.9 Å². The first-order valence-electron chi connectivity index (χ1n) is 3.78. The zero-order valence-corrected chi connectivity index (χ0v) is 8.55. The highest BCUT2D eigenvalue weighted by atomic mass is 79.9. The third kappa shape index (κ3) is 1.69. The maximum atomic E-state index is 10.3. The molecule has 0 amide bonds. The second-order valence-corrected chi connectivity index (χ2v) is 3.31. The molecule has 0 bridgehead atoms. The van der Waals surface area contributed by atoms with Crippen molar-refractivity contribution >= 4 is 22.2 Å². The minimum absolute atomic E-state index is 0.306. The molecule has 0 aliphatic heterocycles. The molecule has 0 saturated carbocycles. The molecule has 0 saturated heterocycles. The van der Waals surface area contributed by atoms with Crippen molar-refractivity contribution < 1.29 is 4.79 Å². The number of hydrogen-bond donors (Lipinski definition) is 0. The van der Waals surface area contributed by atoms with E-state index in [4.69, 9.17) is 0 Å². The van der Waals surface area contributed by atoms with Crippen molar-refractivity contribution in [3.63, 3.8) is 0 Å². The van der Waals surface area contributed by atoms with E-state index in [2.05, 4.69) is 31.0 Å². The molecule has 2 aromatic rings. The maximum absolute atomic E-state index is 10.3. The molecule has 0 spiro atoms. The summed E-state index contributed by atoms with van der Waals surface area (Å²) < 4.78 is 2.28. The first-order valence-corrected chi connectivity index (χ1v) is 4.57. The van der Waals surface area contributed by atoms with Gasteiger partial charge in [0.1, 0.15) is 10.3 Å². The highest BCUT2D eigenvalue weighted by Gasteiger charge is 2.00. The van der Waals surface area contributed by atoms with Crippen LogP contribution in [0.25, 0.3) is 5.82 Å². The Bertz CT molecular complexity index is 451. The molecule has 2 aromatic heterocycles. The summed E-state index contributed by atoms with van der Waals surface area (Å²) in [7, 11) is 0. The molecule has 2 heterocycles. The fourth-order valence-electron chi connectivity index (χ4n) is 0.940. The van der Waals surface area contributed by atoms with Crippen molar-refractivity contribution in [3.8, 4) is 5.82 Å². The zero-order valence-electron chi connectivity index (χ0n) is 6.96. The largest absolute Gasteiger partial charge is 0.296 e. The van der Waals surface area contributed by atoms with E-state index in [9.17, 15) is 4.79 Å². The average molecular weight is 253 g/mol. The summed E-state index contributed by atoms with van der Waals surface area (Å²) in [6.45, 7) is 0. The van der Waals surface area contributed by atoms with Gasteiger partial charge in [-0.05, 0) is 22.0 Å². The molecule has 0 radical (unpaired) electrons. The van der Waals surface area contributed by atoms with E-state index in [0.717, 1.165) is 4.60 Å². The van der Waals surface area contributed by atoms with Crippen LogP contribution in [-0.2, 0) is 0 Å². The monoisotopic (exact) mass is 252 g/mol. The summed E-state index contributed by atoms with van der Waals surface area (Å²) in [4.78, 5) is 18.2. The maximum Gasteiger partial charge on any atom is 0.171 e. The number of nitrogens with zero attached hydrogens (tertiary/aromatic N) is 4. The highest BCUT2D eigenvalue weighted by molar-refractivity contribution is 9.10. The van der Waals surface area contributed by atoms with Crippen LogP contribution in [-0.4, -0.2) is 26.0 Å². The molecule has 14 heavy (non-hydrogen) atoms. The lowest BCUT2D eigenvalue weighted by Gasteiger charge is -1.97. The van der Waals surface area contributed by atoms with Gasteiger partial charge in [0.25, 0.3) is 0 Å². The number of rotatable bonds is 2. The van der Waals surface area contributed by atoms with Gasteiger partial charge in [0.15, 0.2) is 12.1 Å². The summed E-state index contributed by atoms with van der Waals surface area (Å²) in [5.41, 5.74) is 0.306. The standard InChI is InChI=1S/C8H5BrN4O/c9-7-1-2-13(12-7)8-4-10-6(5-14)3-11-8/h1-5H. The predicted octanol–water partition coefficient (Wildman–Crippen LogP) is 1.24. The summed E-state index contributed by atoms with van der Waals surface area (Å²) in [6.07, 6.45) is 5.28. The second-order valence-electron chi connectivity index (χ2n) is 2.50. The molecule has 6 heteroatoms. The van der Waals surface area contributed by atoms with Crippen molar-refractivity contribution in [2.75, 3.05) is 0 Å². The molecule has 0 aromatic carbocycles. The number of carbonyl (C=O) groups excluding carboxylic acids is 1. The number of hydrogen-bond acceptors (Lipinski definition) is 4. The smallest absolute Gasteiger partial charge is 0.171 e. The lowest BCUT2D eigenvalue weighted by molar-refractivity contribution is 0.111. The van der Waals surface area contributed by atoms with Crippen LogP contribution in [0.2, 0.25) is 0 Å². The Hall–Kier alpha value is -1.56. The van der Waals surface area contributed by atoms with Crippen molar-refractivity contribution in [3.05, 3.63) is 35.0 Å². The van der Waals surface area contributed by atoms with Crippen molar-refractivity contribution in [1.82, 2.24) is 19.7 Å². The van der Waals surface area contributed by atoms with Gasteiger partial charge in [-0.1, -0.05) is 0 Å². The molecule has 0 unspecified atom stereocenters. The molecule has 0 aliphatic rings. The zero-order chi connectivity index (χ0) is 9.97. The molecular weight excluding hydrogens is 248 g/mol. The van der Waals surface area contributed by atoms with Crippen LogP contribution in [0.3, 0.4) is 0 Å². The van der Waals surface area contributed by atoms with Crippen molar-refractivity contribution in [2.45, 2.75) is 0 Å². The lowest BCUT2D eigenvalue weighted by Crippen LogP contribution is -2.00. The fraction of sp³-hybridized carbons (Fsp3) is 0. The first kappa shape index (κ1) is 9.01. The van der Waals surface area contributed by atoms with E-state index in [1.807, 2.05) is 0 Å². The minimum atomic E-state index is 0.306. The number of carbonyl (C=O) groups is 1. The quantitative estimate of drug-likeness (QED) is 0.755. The second kappa shape index (κ2) is 3.67. The van der Waals surface area contributed by atoms with E-state index >= 15 is 0 Å². The summed E-state index contributed by atoms with van der Waals surface area (Å²) in [6, 6.07) is 1.79. The van der Waals surface area contributed by atoms with Gasteiger partial charge < -0.3 is 0 Å². The number of aromatic nitrogens is 4. The van der Waals surface area contributed by atoms with E-state index in [-0.39, 0.29) is 0 Å². The number of aldehydes is 1. The van der Waals surface area contributed by atoms with E-state index in [1.165, 1.54) is 12.4 Å². The van der Waals surface area contributed by atoms with E-state index < -0.39 is 0 Å². The number of halogens is 1. The van der Waals surface area contributed by atoms with Crippen LogP contribution < -0.4 is 0 Å². The van der Waals surface area contributed by atoms with Gasteiger partial charge in [-0.2, -0.15) is 5.10 Å². The van der Waals surface area contributed by atoms with Gasteiger partial charge in [0, 0.05) is 6.20 Å². The van der Waals surface area contributed by atoms with Crippen LogP contribution in [0.4, 0.5) is 0 Å². The van der Waals surface area contributed by atoms with Crippen molar-refractivity contribution in [2.24, 2.45) is 0 Å². The van der Waals surface area contributed by atoms with Crippen LogP contribution in [0.15, 0.2) is 29.3 Å². The van der Waals surface area contributed by atoms with E-state index in [0.29, 0.717) is 17.8 Å². The van der Waals surface area contributed by atoms with Gasteiger partial charge in [0.2, 0.25) is 0 Å². The molecule has 0 atom stereocenters. The molecular formula is C8H5BrN4O. The van der Waals surface area contributed by atoms with Crippen LogP contribution in [0.5, 0.6) is 0 Å². The SMILES string of the molecule is O=Cc1cnc(-n2ccc(Br)n2)cn1. The average Bonchev–Trinajstić information content (AvgIpc) is 2.65. The summed E-state index contributed by atoms with van der Waals surface area (Å²) in [5, 5.41) is 4.08. The topological polar surface area (TPSA) is 60.7 Å². The highest BCUT2D eigenvalue weighted by Crippen LogP contribution is 2.07. The molecule has 5 nitrogen and oxygen atoms in total. The molecule has 70 valence electrons. The van der Waals surface area contributed by atoms with E-state index in [1.54, 1.807) is 16.9 Å². The Balaban J connectivity index is 2.38. The lowest BCUT2D eigenvalue weighted by atomic mass is 10.5.